The van der Waals surface area contributed by atoms with Crippen molar-refractivity contribution in [3.05, 3.63) is 35.9 Å². The summed E-state index contributed by atoms with van der Waals surface area (Å²) in [5, 5.41) is 0. The van der Waals surface area contributed by atoms with Gasteiger partial charge < -0.3 is 14.4 Å². The van der Waals surface area contributed by atoms with E-state index in [2.05, 4.69) is 0 Å². The van der Waals surface area contributed by atoms with Crippen LogP contribution >= 0.6 is 0 Å². The first-order chi connectivity index (χ1) is 12.7. The number of piperazine rings is 1. The van der Waals surface area contributed by atoms with E-state index in [0.717, 1.165) is 5.56 Å². The zero-order valence-electron chi connectivity index (χ0n) is 16.4. The molecule has 0 radical (unpaired) electrons. The van der Waals surface area contributed by atoms with E-state index in [1.165, 1.54) is 4.90 Å². The highest BCUT2D eigenvalue weighted by atomic mass is 16.6. The van der Waals surface area contributed by atoms with Crippen molar-refractivity contribution < 1.29 is 23.9 Å². The molecule has 1 atom stereocenters. The number of esters is 1. The summed E-state index contributed by atoms with van der Waals surface area (Å²) >= 11 is 0. The van der Waals surface area contributed by atoms with Crippen molar-refractivity contribution >= 4 is 18.0 Å². The zero-order chi connectivity index (χ0) is 20.0. The van der Waals surface area contributed by atoms with E-state index in [9.17, 15) is 14.4 Å². The van der Waals surface area contributed by atoms with Crippen molar-refractivity contribution in [2.24, 2.45) is 0 Å². The standard InChI is InChI=1S/C20H28N2O5/c1-5-26-17(23)13-16-18(24)21(14-15-9-7-6-8-10-15)11-12-22(16)19(25)27-20(2,3)4/h6-10,16H,5,11-14H2,1-4H3/t16-/m0/s1. The molecule has 1 saturated heterocycles. The Kier molecular flexibility index (Phi) is 6.82. The van der Waals surface area contributed by atoms with Crippen LogP contribution in [0.25, 0.3) is 0 Å². The highest BCUT2D eigenvalue weighted by molar-refractivity contribution is 5.90. The Hall–Kier alpha value is -2.57. The molecule has 0 aliphatic carbocycles. The highest BCUT2D eigenvalue weighted by Gasteiger charge is 2.40. The highest BCUT2D eigenvalue weighted by Crippen LogP contribution is 2.21. The molecule has 2 amide bonds. The summed E-state index contributed by atoms with van der Waals surface area (Å²) in [7, 11) is 0. The Bertz CT molecular complexity index is 669. The normalized spacial score (nSPS) is 17.6. The fourth-order valence-electron chi connectivity index (χ4n) is 2.91. The van der Waals surface area contributed by atoms with Crippen molar-refractivity contribution in [3.63, 3.8) is 0 Å². The van der Waals surface area contributed by atoms with E-state index in [4.69, 9.17) is 9.47 Å². The molecule has 1 heterocycles. The Morgan fingerprint density at radius 2 is 1.81 bits per heavy atom. The summed E-state index contributed by atoms with van der Waals surface area (Å²) in [5.41, 5.74) is 0.307. The second-order valence-corrected chi connectivity index (χ2v) is 7.44. The first-order valence-corrected chi connectivity index (χ1v) is 9.19. The lowest BCUT2D eigenvalue weighted by Gasteiger charge is -2.40. The van der Waals surface area contributed by atoms with Gasteiger partial charge in [-0.3, -0.25) is 14.5 Å². The van der Waals surface area contributed by atoms with Gasteiger partial charge in [0.15, 0.2) is 0 Å². The predicted octanol–water partition coefficient (Wildman–Crippen LogP) is 2.59. The number of rotatable bonds is 5. The molecule has 7 heteroatoms. The van der Waals surface area contributed by atoms with Gasteiger partial charge in [-0.1, -0.05) is 30.3 Å². The fourth-order valence-corrected chi connectivity index (χ4v) is 2.91. The largest absolute Gasteiger partial charge is 0.466 e. The molecular weight excluding hydrogens is 348 g/mol. The lowest BCUT2D eigenvalue weighted by Crippen LogP contribution is -2.59. The minimum Gasteiger partial charge on any atom is -0.466 e. The van der Waals surface area contributed by atoms with Crippen LogP contribution in [0.3, 0.4) is 0 Å². The quantitative estimate of drug-likeness (QED) is 0.739. The first-order valence-electron chi connectivity index (χ1n) is 9.19. The number of benzene rings is 1. The van der Waals surface area contributed by atoms with E-state index in [1.54, 1.807) is 32.6 Å². The third-order valence-corrected chi connectivity index (χ3v) is 4.09. The van der Waals surface area contributed by atoms with Crippen molar-refractivity contribution in [2.75, 3.05) is 19.7 Å². The molecule has 0 N–H and O–H groups in total. The van der Waals surface area contributed by atoms with Gasteiger partial charge in [-0.15, -0.1) is 0 Å². The molecule has 2 rings (SSSR count). The van der Waals surface area contributed by atoms with Crippen LogP contribution in [0.1, 0.15) is 39.7 Å². The number of carbonyl (C=O) groups excluding carboxylic acids is 3. The molecule has 0 unspecified atom stereocenters. The lowest BCUT2D eigenvalue weighted by molar-refractivity contribution is -0.152. The molecule has 0 bridgehead atoms. The summed E-state index contributed by atoms with van der Waals surface area (Å²) in [6, 6.07) is 8.69. The molecule has 7 nitrogen and oxygen atoms in total. The Morgan fingerprint density at radius 3 is 2.41 bits per heavy atom. The number of hydrogen-bond acceptors (Lipinski definition) is 5. The number of hydrogen-bond donors (Lipinski definition) is 0. The van der Waals surface area contributed by atoms with Crippen LogP contribution in [-0.2, 0) is 25.6 Å². The number of nitrogens with zero attached hydrogens (tertiary/aromatic N) is 2. The predicted molar refractivity (Wildman–Crippen MR) is 99.8 cm³/mol. The third kappa shape index (κ3) is 5.98. The maximum absolute atomic E-state index is 13.0. The first kappa shape index (κ1) is 20.7. The van der Waals surface area contributed by atoms with E-state index < -0.39 is 23.7 Å². The van der Waals surface area contributed by atoms with Gasteiger partial charge >= 0.3 is 12.1 Å². The number of ether oxygens (including phenoxy) is 2. The van der Waals surface area contributed by atoms with Crippen LogP contribution < -0.4 is 0 Å². The minimum atomic E-state index is -0.920. The summed E-state index contributed by atoms with van der Waals surface area (Å²) in [4.78, 5) is 40.6. The van der Waals surface area contributed by atoms with Crippen LogP contribution in [0, 0.1) is 0 Å². The Morgan fingerprint density at radius 1 is 1.15 bits per heavy atom. The summed E-state index contributed by atoms with van der Waals surface area (Å²) in [6.07, 6.45) is -0.776. The molecule has 1 aromatic carbocycles. The number of carbonyl (C=O) groups is 3. The van der Waals surface area contributed by atoms with Gasteiger partial charge in [0.25, 0.3) is 0 Å². The molecule has 0 spiro atoms. The van der Waals surface area contributed by atoms with E-state index in [-0.39, 0.29) is 18.9 Å². The zero-order valence-corrected chi connectivity index (χ0v) is 16.4. The van der Waals surface area contributed by atoms with Crippen molar-refractivity contribution in [1.29, 1.82) is 0 Å². The van der Waals surface area contributed by atoms with Crippen molar-refractivity contribution in [1.82, 2.24) is 9.80 Å². The monoisotopic (exact) mass is 376 g/mol. The van der Waals surface area contributed by atoms with Gasteiger partial charge in [-0.25, -0.2) is 4.79 Å². The third-order valence-electron chi connectivity index (χ3n) is 4.09. The average molecular weight is 376 g/mol. The van der Waals surface area contributed by atoms with E-state index >= 15 is 0 Å². The Labute approximate surface area is 160 Å². The van der Waals surface area contributed by atoms with Crippen LogP contribution in [-0.4, -0.2) is 59.1 Å². The molecule has 148 valence electrons. The van der Waals surface area contributed by atoms with Crippen LogP contribution in [0.15, 0.2) is 30.3 Å². The molecule has 1 aliphatic heterocycles. The molecule has 27 heavy (non-hydrogen) atoms. The fraction of sp³-hybridized carbons (Fsp3) is 0.550. The maximum Gasteiger partial charge on any atom is 0.411 e. The summed E-state index contributed by atoms with van der Waals surface area (Å²) < 4.78 is 10.4. The minimum absolute atomic E-state index is 0.183. The van der Waals surface area contributed by atoms with Crippen molar-refractivity contribution in [3.8, 4) is 0 Å². The van der Waals surface area contributed by atoms with Crippen LogP contribution in [0.4, 0.5) is 4.79 Å². The average Bonchev–Trinajstić information content (AvgIpc) is 2.58. The topological polar surface area (TPSA) is 76.2 Å². The van der Waals surface area contributed by atoms with Gasteiger partial charge in [0, 0.05) is 19.6 Å². The van der Waals surface area contributed by atoms with Crippen molar-refractivity contribution in [2.45, 2.75) is 52.3 Å². The van der Waals surface area contributed by atoms with Gasteiger partial charge in [0.05, 0.1) is 13.0 Å². The van der Waals surface area contributed by atoms with E-state index in [1.807, 2.05) is 30.3 Å². The second kappa shape index (κ2) is 8.88. The van der Waals surface area contributed by atoms with Gasteiger partial charge in [0.1, 0.15) is 11.6 Å². The smallest absolute Gasteiger partial charge is 0.411 e. The molecule has 0 aromatic heterocycles. The second-order valence-electron chi connectivity index (χ2n) is 7.44. The maximum atomic E-state index is 13.0. The molecule has 0 saturated carbocycles. The molecule has 1 fully saturated rings. The Balaban J connectivity index is 2.17. The van der Waals surface area contributed by atoms with Gasteiger partial charge in [-0.05, 0) is 33.3 Å². The summed E-state index contributed by atoms with van der Waals surface area (Å²) in [6.45, 7) is 8.33. The molecule has 1 aliphatic rings. The number of amides is 2. The van der Waals surface area contributed by atoms with Gasteiger partial charge in [0.2, 0.25) is 5.91 Å². The van der Waals surface area contributed by atoms with Gasteiger partial charge in [-0.2, -0.15) is 0 Å². The van der Waals surface area contributed by atoms with Crippen LogP contribution in [0.2, 0.25) is 0 Å². The van der Waals surface area contributed by atoms with Crippen LogP contribution in [0.5, 0.6) is 0 Å². The summed E-state index contributed by atoms with van der Waals surface area (Å²) in [5.74, 6) is -0.782. The SMILES string of the molecule is CCOC(=O)C[C@H]1C(=O)N(Cc2ccccc2)CCN1C(=O)OC(C)(C)C. The molecule has 1 aromatic rings. The van der Waals surface area contributed by atoms with E-state index in [0.29, 0.717) is 19.6 Å². The lowest BCUT2D eigenvalue weighted by atomic mass is 10.1. The molecular formula is C20H28N2O5.